The second-order valence-electron chi connectivity index (χ2n) is 6.84. The quantitative estimate of drug-likeness (QED) is 0.723. The second-order valence-corrected chi connectivity index (χ2v) is 6.84. The van der Waals surface area contributed by atoms with Crippen LogP contribution in [0.4, 0.5) is 0 Å². The van der Waals surface area contributed by atoms with Crippen molar-refractivity contribution in [2.75, 3.05) is 0 Å². The lowest BCUT2D eigenvalue weighted by atomic mass is 9.84. The standard InChI is InChI=1S/C21H28O2/c1-6-15(18-11-7-9-16(13(2)3)20(18)22)19-12-8-10-17(14(4)5)21(19)23/h7-15,22-23H,6H2,1-5H3. The molecule has 0 bridgehead atoms. The van der Waals surface area contributed by atoms with Gasteiger partial charge in [0, 0.05) is 17.0 Å². The SMILES string of the molecule is CCC(c1cccc(C(C)C)c1O)c1cccc(C(C)C)c1O. The molecule has 2 nitrogen and oxygen atoms in total. The summed E-state index contributed by atoms with van der Waals surface area (Å²) in [6.07, 6.45) is 0.824. The molecule has 0 radical (unpaired) electrons. The Morgan fingerprint density at radius 1 is 0.696 bits per heavy atom. The van der Waals surface area contributed by atoms with E-state index >= 15 is 0 Å². The van der Waals surface area contributed by atoms with Gasteiger partial charge in [-0.2, -0.15) is 0 Å². The molecule has 0 spiro atoms. The van der Waals surface area contributed by atoms with Gasteiger partial charge < -0.3 is 10.2 Å². The number of aromatic hydroxyl groups is 2. The first-order valence-electron chi connectivity index (χ1n) is 8.51. The summed E-state index contributed by atoms with van der Waals surface area (Å²) in [4.78, 5) is 0. The van der Waals surface area contributed by atoms with Crippen molar-refractivity contribution in [2.45, 2.75) is 58.8 Å². The van der Waals surface area contributed by atoms with Gasteiger partial charge in [-0.05, 0) is 29.4 Å². The number of phenols is 2. The summed E-state index contributed by atoms with van der Waals surface area (Å²) in [7, 11) is 0. The Kier molecular flexibility index (Phi) is 5.35. The molecule has 0 aliphatic heterocycles. The van der Waals surface area contributed by atoms with E-state index in [0.29, 0.717) is 11.5 Å². The van der Waals surface area contributed by atoms with Crippen LogP contribution in [0.1, 0.15) is 81.0 Å². The van der Waals surface area contributed by atoms with Crippen LogP contribution >= 0.6 is 0 Å². The zero-order chi connectivity index (χ0) is 17.1. The summed E-state index contributed by atoms with van der Waals surface area (Å²) in [5, 5.41) is 21.4. The molecule has 2 heteroatoms. The Labute approximate surface area is 139 Å². The van der Waals surface area contributed by atoms with Crippen molar-refractivity contribution in [3.63, 3.8) is 0 Å². The number of hydrogen-bond donors (Lipinski definition) is 2. The molecule has 2 aromatic carbocycles. The molecule has 0 saturated carbocycles. The van der Waals surface area contributed by atoms with Crippen molar-refractivity contribution < 1.29 is 10.2 Å². The topological polar surface area (TPSA) is 40.5 Å². The molecular weight excluding hydrogens is 284 g/mol. The number of phenolic OH excluding ortho intramolecular Hbond substituents is 2. The molecule has 2 N–H and O–H groups in total. The van der Waals surface area contributed by atoms with E-state index in [1.807, 2.05) is 36.4 Å². The lowest BCUT2D eigenvalue weighted by Crippen LogP contribution is -2.04. The lowest BCUT2D eigenvalue weighted by molar-refractivity contribution is 0.442. The van der Waals surface area contributed by atoms with Crippen LogP contribution in [0.2, 0.25) is 0 Å². The maximum Gasteiger partial charge on any atom is 0.122 e. The summed E-state index contributed by atoms with van der Waals surface area (Å²) in [5.41, 5.74) is 3.71. The largest absolute Gasteiger partial charge is 0.507 e. The van der Waals surface area contributed by atoms with Crippen molar-refractivity contribution in [1.82, 2.24) is 0 Å². The predicted octanol–water partition coefficient (Wildman–Crippen LogP) is 5.89. The summed E-state index contributed by atoms with van der Waals surface area (Å²) in [6.45, 7) is 10.4. The van der Waals surface area contributed by atoms with Gasteiger partial charge in [0.1, 0.15) is 11.5 Å². The lowest BCUT2D eigenvalue weighted by Gasteiger charge is -2.22. The van der Waals surface area contributed by atoms with E-state index in [9.17, 15) is 10.2 Å². The fourth-order valence-corrected chi connectivity index (χ4v) is 3.26. The highest BCUT2D eigenvalue weighted by Gasteiger charge is 2.22. The summed E-state index contributed by atoms with van der Waals surface area (Å²) in [6, 6.07) is 11.9. The third kappa shape index (κ3) is 3.36. The minimum Gasteiger partial charge on any atom is -0.507 e. The van der Waals surface area contributed by atoms with Crippen LogP contribution in [0.25, 0.3) is 0 Å². The van der Waals surface area contributed by atoms with Gasteiger partial charge in [-0.15, -0.1) is 0 Å². The first-order chi connectivity index (χ1) is 10.9. The minimum absolute atomic E-state index is 0.00704. The predicted molar refractivity (Wildman–Crippen MR) is 96.5 cm³/mol. The van der Waals surface area contributed by atoms with Crippen molar-refractivity contribution in [1.29, 1.82) is 0 Å². The molecule has 0 heterocycles. The van der Waals surface area contributed by atoms with Crippen LogP contribution in [0.5, 0.6) is 11.5 Å². The van der Waals surface area contributed by atoms with Gasteiger partial charge in [0.05, 0.1) is 0 Å². The molecule has 23 heavy (non-hydrogen) atoms. The average Bonchev–Trinajstić information content (AvgIpc) is 2.50. The Morgan fingerprint density at radius 3 is 1.35 bits per heavy atom. The highest BCUT2D eigenvalue weighted by Crippen LogP contribution is 2.42. The Hall–Kier alpha value is -1.96. The molecule has 0 aliphatic rings. The normalized spacial score (nSPS) is 11.7. The van der Waals surface area contributed by atoms with Gasteiger partial charge in [0.15, 0.2) is 0 Å². The molecule has 0 amide bonds. The zero-order valence-electron chi connectivity index (χ0n) is 14.8. The van der Waals surface area contributed by atoms with Crippen molar-refractivity contribution in [3.8, 4) is 11.5 Å². The molecule has 0 aliphatic carbocycles. The third-order valence-electron chi connectivity index (χ3n) is 4.60. The fraction of sp³-hybridized carbons (Fsp3) is 0.429. The van der Waals surface area contributed by atoms with Gasteiger partial charge in [-0.3, -0.25) is 0 Å². The Balaban J connectivity index is 2.58. The van der Waals surface area contributed by atoms with Crippen molar-refractivity contribution in [2.24, 2.45) is 0 Å². The Morgan fingerprint density at radius 2 is 1.04 bits per heavy atom. The van der Waals surface area contributed by atoms with E-state index in [4.69, 9.17) is 0 Å². The van der Waals surface area contributed by atoms with Gasteiger partial charge in [-0.1, -0.05) is 71.0 Å². The maximum absolute atomic E-state index is 10.7. The van der Waals surface area contributed by atoms with Crippen LogP contribution in [0.15, 0.2) is 36.4 Å². The number of rotatable bonds is 5. The summed E-state index contributed by atoms with van der Waals surface area (Å²) < 4.78 is 0. The molecular formula is C21H28O2. The molecule has 0 aromatic heterocycles. The van der Waals surface area contributed by atoms with Crippen LogP contribution in [0.3, 0.4) is 0 Å². The van der Waals surface area contributed by atoms with E-state index in [2.05, 4.69) is 34.6 Å². The third-order valence-corrected chi connectivity index (χ3v) is 4.60. The van der Waals surface area contributed by atoms with Crippen molar-refractivity contribution in [3.05, 3.63) is 58.7 Å². The molecule has 2 aromatic rings. The van der Waals surface area contributed by atoms with Crippen LogP contribution < -0.4 is 0 Å². The fourth-order valence-electron chi connectivity index (χ4n) is 3.26. The number of benzene rings is 2. The van der Waals surface area contributed by atoms with Crippen LogP contribution in [0, 0.1) is 0 Å². The average molecular weight is 312 g/mol. The highest BCUT2D eigenvalue weighted by atomic mass is 16.3. The molecule has 0 saturated heterocycles. The van der Waals surface area contributed by atoms with E-state index in [-0.39, 0.29) is 17.8 Å². The van der Waals surface area contributed by atoms with E-state index in [1.54, 1.807) is 0 Å². The van der Waals surface area contributed by atoms with E-state index in [0.717, 1.165) is 28.7 Å². The second kappa shape index (κ2) is 7.08. The first-order valence-corrected chi connectivity index (χ1v) is 8.51. The monoisotopic (exact) mass is 312 g/mol. The van der Waals surface area contributed by atoms with Crippen LogP contribution in [-0.4, -0.2) is 10.2 Å². The first kappa shape index (κ1) is 17.4. The van der Waals surface area contributed by atoms with Gasteiger partial charge in [-0.25, -0.2) is 0 Å². The molecule has 2 rings (SSSR count). The smallest absolute Gasteiger partial charge is 0.122 e. The summed E-state index contributed by atoms with van der Waals surface area (Å²) >= 11 is 0. The number of hydrogen-bond acceptors (Lipinski definition) is 2. The minimum atomic E-state index is -0.00704. The van der Waals surface area contributed by atoms with Crippen molar-refractivity contribution >= 4 is 0 Å². The Bertz CT molecular complexity index is 614. The highest BCUT2D eigenvalue weighted by molar-refractivity contribution is 5.52. The van der Waals surface area contributed by atoms with Crippen LogP contribution in [-0.2, 0) is 0 Å². The molecule has 124 valence electrons. The zero-order valence-corrected chi connectivity index (χ0v) is 14.8. The number of para-hydroxylation sites is 2. The maximum atomic E-state index is 10.7. The van der Waals surface area contributed by atoms with Gasteiger partial charge in [0.2, 0.25) is 0 Å². The van der Waals surface area contributed by atoms with E-state index in [1.165, 1.54) is 0 Å². The van der Waals surface area contributed by atoms with Gasteiger partial charge in [0.25, 0.3) is 0 Å². The molecule has 0 atom stereocenters. The molecule has 0 fully saturated rings. The molecule has 0 unspecified atom stereocenters. The summed E-state index contributed by atoms with van der Waals surface area (Å²) in [5.74, 6) is 1.26. The van der Waals surface area contributed by atoms with E-state index < -0.39 is 0 Å². The van der Waals surface area contributed by atoms with Gasteiger partial charge >= 0.3 is 0 Å².